The van der Waals surface area contributed by atoms with Crippen LogP contribution in [-0.2, 0) is 4.79 Å². The molecule has 1 rings (SSSR count). The summed E-state index contributed by atoms with van der Waals surface area (Å²) in [6, 6.07) is 4.12. The molecule has 1 amide bonds. The maximum absolute atomic E-state index is 13.1. The summed E-state index contributed by atoms with van der Waals surface area (Å²) in [4.78, 5) is 11.3. The van der Waals surface area contributed by atoms with Crippen molar-refractivity contribution in [3.8, 4) is 0 Å². The largest absolute Gasteiger partial charge is 0.368 e. The molecule has 0 fully saturated rings. The van der Waals surface area contributed by atoms with Crippen LogP contribution in [-0.4, -0.2) is 11.9 Å². The molecule has 88 valence electrons. The third-order valence-corrected chi connectivity index (χ3v) is 2.30. The van der Waals surface area contributed by atoms with E-state index < -0.39 is 11.9 Å². The van der Waals surface area contributed by atoms with Crippen LogP contribution in [0.2, 0.25) is 0 Å². The third kappa shape index (κ3) is 3.03. The summed E-state index contributed by atoms with van der Waals surface area (Å²) in [6.07, 6.45) is 0. The van der Waals surface area contributed by atoms with Crippen molar-refractivity contribution in [1.82, 2.24) is 5.32 Å². The lowest BCUT2D eigenvalue weighted by atomic mass is 10.0. The van der Waals surface area contributed by atoms with E-state index in [4.69, 9.17) is 5.73 Å². The second-order valence-electron chi connectivity index (χ2n) is 4.17. The molecule has 0 heterocycles. The van der Waals surface area contributed by atoms with E-state index >= 15 is 0 Å². The lowest BCUT2D eigenvalue weighted by molar-refractivity contribution is -0.120. The number of benzene rings is 1. The van der Waals surface area contributed by atoms with Crippen LogP contribution in [0.3, 0.4) is 0 Å². The SMILES string of the molecule is Cc1cc(C(NC(C)C)C(N)=O)ccc1F. The minimum Gasteiger partial charge on any atom is -0.368 e. The Morgan fingerprint density at radius 3 is 2.50 bits per heavy atom. The number of carbonyl (C=O) groups is 1. The number of rotatable bonds is 4. The summed E-state index contributed by atoms with van der Waals surface area (Å²) < 4.78 is 13.1. The molecule has 1 aromatic rings. The molecule has 0 aliphatic carbocycles. The number of aryl methyl sites for hydroxylation is 1. The van der Waals surface area contributed by atoms with Crippen molar-refractivity contribution in [3.63, 3.8) is 0 Å². The Labute approximate surface area is 94.8 Å². The van der Waals surface area contributed by atoms with Crippen LogP contribution >= 0.6 is 0 Å². The van der Waals surface area contributed by atoms with Crippen LogP contribution in [0.1, 0.15) is 31.0 Å². The smallest absolute Gasteiger partial charge is 0.239 e. The number of halogens is 1. The summed E-state index contributed by atoms with van der Waals surface area (Å²) >= 11 is 0. The van der Waals surface area contributed by atoms with Gasteiger partial charge in [-0.25, -0.2) is 4.39 Å². The predicted octanol–water partition coefficient (Wildman–Crippen LogP) is 1.66. The van der Waals surface area contributed by atoms with Gasteiger partial charge < -0.3 is 5.73 Å². The van der Waals surface area contributed by atoms with Gasteiger partial charge in [-0.15, -0.1) is 0 Å². The van der Waals surface area contributed by atoms with E-state index in [0.29, 0.717) is 11.1 Å². The van der Waals surface area contributed by atoms with Gasteiger partial charge in [-0.05, 0) is 38.0 Å². The van der Waals surface area contributed by atoms with E-state index in [1.54, 1.807) is 19.1 Å². The minimum absolute atomic E-state index is 0.128. The zero-order valence-corrected chi connectivity index (χ0v) is 9.75. The second kappa shape index (κ2) is 5.07. The first-order chi connectivity index (χ1) is 7.41. The molecule has 0 spiro atoms. The van der Waals surface area contributed by atoms with Crippen molar-refractivity contribution in [1.29, 1.82) is 0 Å². The van der Waals surface area contributed by atoms with Gasteiger partial charge in [-0.3, -0.25) is 10.1 Å². The fourth-order valence-corrected chi connectivity index (χ4v) is 1.52. The maximum atomic E-state index is 13.1. The van der Waals surface area contributed by atoms with Crippen LogP contribution in [0.5, 0.6) is 0 Å². The van der Waals surface area contributed by atoms with Gasteiger partial charge in [-0.1, -0.05) is 12.1 Å². The number of hydrogen-bond acceptors (Lipinski definition) is 2. The molecule has 16 heavy (non-hydrogen) atoms. The average Bonchev–Trinajstić information content (AvgIpc) is 2.18. The second-order valence-corrected chi connectivity index (χ2v) is 4.17. The Morgan fingerprint density at radius 1 is 1.44 bits per heavy atom. The van der Waals surface area contributed by atoms with E-state index in [1.807, 2.05) is 13.8 Å². The number of carbonyl (C=O) groups excluding carboxylic acids is 1. The summed E-state index contributed by atoms with van der Waals surface area (Å²) in [5, 5.41) is 3.05. The molecule has 1 unspecified atom stereocenters. The highest BCUT2D eigenvalue weighted by Crippen LogP contribution is 2.17. The van der Waals surface area contributed by atoms with E-state index in [9.17, 15) is 9.18 Å². The van der Waals surface area contributed by atoms with Crippen molar-refractivity contribution in [2.45, 2.75) is 32.9 Å². The highest BCUT2D eigenvalue weighted by molar-refractivity contribution is 5.81. The fraction of sp³-hybridized carbons (Fsp3) is 0.417. The van der Waals surface area contributed by atoms with Gasteiger partial charge in [0.25, 0.3) is 0 Å². The van der Waals surface area contributed by atoms with Crippen LogP contribution in [0.4, 0.5) is 4.39 Å². The molecule has 0 bridgehead atoms. The summed E-state index contributed by atoms with van der Waals surface area (Å²) in [5.74, 6) is -0.740. The van der Waals surface area contributed by atoms with Crippen molar-refractivity contribution >= 4 is 5.91 Å². The number of nitrogens with one attached hydrogen (secondary N) is 1. The zero-order chi connectivity index (χ0) is 12.3. The lowest BCUT2D eigenvalue weighted by Gasteiger charge is -2.19. The average molecular weight is 224 g/mol. The van der Waals surface area contributed by atoms with Crippen molar-refractivity contribution < 1.29 is 9.18 Å². The number of nitrogens with two attached hydrogens (primary N) is 1. The fourth-order valence-electron chi connectivity index (χ4n) is 1.52. The molecule has 0 saturated carbocycles. The lowest BCUT2D eigenvalue weighted by Crippen LogP contribution is -2.37. The number of amides is 1. The van der Waals surface area contributed by atoms with Crippen LogP contribution in [0.25, 0.3) is 0 Å². The van der Waals surface area contributed by atoms with Gasteiger partial charge in [0, 0.05) is 6.04 Å². The Hall–Kier alpha value is -1.42. The van der Waals surface area contributed by atoms with Gasteiger partial charge in [0.05, 0.1) is 0 Å². The van der Waals surface area contributed by atoms with E-state index in [0.717, 1.165) is 0 Å². The highest BCUT2D eigenvalue weighted by Gasteiger charge is 2.18. The summed E-state index contributed by atoms with van der Waals surface area (Å²) in [5.41, 5.74) is 6.51. The van der Waals surface area contributed by atoms with Gasteiger partial charge in [0.15, 0.2) is 0 Å². The topological polar surface area (TPSA) is 55.1 Å². The van der Waals surface area contributed by atoms with Crippen LogP contribution in [0, 0.1) is 12.7 Å². The highest BCUT2D eigenvalue weighted by atomic mass is 19.1. The van der Waals surface area contributed by atoms with Crippen molar-refractivity contribution in [3.05, 3.63) is 35.1 Å². The van der Waals surface area contributed by atoms with Crippen LogP contribution < -0.4 is 11.1 Å². The normalized spacial score (nSPS) is 12.8. The molecule has 0 aliphatic heterocycles. The first kappa shape index (κ1) is 12.6. The van der Waals surface area contributed by atoms with Gasteiger partial charge in [0.2, 0.25) is 5.91 Å². The Bertz CT molecular complexity index is 391. The standard InChI is InChI=1S/C12H17FN2O/c1-7(2)15-11(12(14)16)9-4-5-10(13)8(3)6-9/h4-7,11,15H,1-3H3,(H2,14,16). The molecule has 1 atom stereocenters. The minimum atomic E-state index is -0.570. The van der Waals surface area contributed by atoms with Crippen molar-refractivity contribution in [2.24, 2.45) is 5.73 Å². The maximum Gasteiger partial charge on any atom is 0.239 e. The molecule has 4 heteroatoms. The molecule has 0 saturated heterocycles. The molecule has 3 nitrogen and oxygen atoms in total. The molecular formula is C12H17FN2O. The Balaban J connectivity index is 3.01. The molecule has 0 aromatic heterocycles. The van der Waals surface area contributed by atoms with Gasteiger partial charge in [-0.2, -0.15) is 0 Å². The monoisotopic (exact) mass is 224 g/mol. The summed E-state index contributed by atoms with van der Waals surface area (Å²) in [7, 11) is 0. The zero-order valence-electron chi connectivity index (χ0n) is 9.75. The van der Waals surface area contributed by atoms with Gasteiger partial charge in [0.1, 0.15) is 11.9 Å². The summed E-state index contributed by atoms with van der Waals surface area (Å²) in [6.45, 7) is 5.50. The quantitative estimate of drug-likeness (QED) is 0.817. The number of hydrogen-bond donors (Lipinski definition) is 2. The molecule has 0 radical (unpaired) electrons. The molecule has 0 aliphatic rings. The number of primary amides is 1. The van der Waals surface area contributed by atoms with E-state index in [-0.39, 0.29) is 11.9 Å². The van der Waals surface area contributed by atoms with Crippen molar-refractivity contribution in [2.75, 3.05) is 0 Å². The first-order valence-electron chi connectivity index (χ1n) is 5.23. The predicted molar refractivity (Wildman–Crippen MR) is 61.3 cm³/mol. The first-order valence-corrected chi connectivity index (χ1v) is 5.23. The van der Waals surface area contributed by atoms with E-state index in [1.165, 1.54) is 6.07 Å². The Morgan fingerprint density at radius 2 is 2.06 bits per heavy atom. The molecule has 1 aromatic carbocycles. The molecular weight excluding hydrogens is 207 g/mol. The van der Waals surface area contributed by atoms with E-state index in [2.05, 4.69) is 5.32 Å². The van der Waals surface area contributed by atoms with Crippen LogP contribution in [0.15, 0.2) is 18.2 Å². The van der Waals surface area contributed by atoms with Gasteiger partial charge >= 0.3 is 0 Å². The molecule has 3 N–H and O–H groups in total. The third-order valence-electron chi connectivity index (χ3n) is 2.30. The Kier molecular flexibility index (Phi) is 4.01.